The summed E-state index contributed by atoms with van der Waals surface area (Å²) < 4.78 is 0. The molecule has 2 aromatic rings. The molecule has 1 heterocycles. The molecule has 1 N–H and O–H groups in total. The summed E-state index contributed by atoms with van der Waals surface area (Å²) in [6.07, 6.45) is 4.94. The number of hydrogen-bond donors (Lipinski definition) is 1. The maximum absolute atomic E-state index is 4.66. The minimum Gasteiger partial charge on any atom is -0.317 e. The molecule has 0 bridgehead atoms. The molecule has 1 saturated carbocycles. The largest absolute Gasteiger partial charge is 0.317 e. The number of thiazole rings is 1. The van der Waals surface area contributed by atoms with E-state index in [1.807, 2.05) is 0 Å². The summed E-state index contributed by atoms with van der Waals surface area (Å²) in [5.41, 5.74) is 2.78. The Bertz CT molecular complexity index is 564. The van der Waals surface area contributed by atoms with Gasteiger partial charge >= 0.3 is 0 Å². The van der Waals surface area contributed by atoms with Crippen LogP contribution in [0, 0.1) is 12.8 Å². The normalized spacial score (nSPS) is 25.9. The summed E-state index contributed by atoms with van der Waals surface area (Å²) in [7, 11) is 2.10. The number of nitrogens with zero attached hydrogens (tertiary/aromatic N) is 1. The molecule has 3 rings (SSSR count). The molecule has 1 aliphatic carbocycles. The molecule has 0 radical (unpaired) electrons. The molecular formula is C18H24N2S. The van der Waals surface area contributed by atoms with E-state index in [2.05, 4.69) is 60.0 Å². The molecule has 3 heteroatoms. The van der Waals surface area contributed by atoms with Gasteiger partial charge in [-0.15, -0.1) is 11.3 Å². The zero-order valence-electron chi connectivity index (χ0n) is 12.9. The molecule has 2 nitrogen and oxygen atoms in total. The van der Waals surface area contributed by atoms with Gasteiger partial charge in [0.05, 0.1) is 10.7 Å². The fourth-order valence-electron chi connectivity index (χ4n) is 3.67. The zero-order chi connectivity index (χ0) is 14.7. The van der Waals surface area contributed by atoms with Crippen molar-refractivity contribution in [2.24, 2.45) is 5.92 Å². The van der Waals surface area contributed by atoms with Gasteiger partial charge in [0, 0.05) is 11.4 Å². The molecule has 0 spiro atoms. The summed E-state index contributed by atoms with van der Waals surface area (Å²) in [6.45, 7) is 2.09. The topological polar surface area (TPSA) is 24.9 Å². The molecule has 0 amide bonds. The third-order valence-electron chi connectivity index (χ3n) is 4.76. The number of benzene rings is 1. The van der Waals surface area contributed by atoms with Crippen molar-refractivity contribution in [3.63, 3.8) is 0 Å². The lowest BCUT2D eigenvalue weighted by Gasteiger charge is -2.36. The molecule has 112 valence electrons. The smallest absolute Gasteiger partial charge is 0.0897 e. The van der Waals surface area contributed by atoms with Gasteiger partial charge in [-0.1, -0.05) is 30.3 Å². The molecule has 3 atom stereocenters. The van der Waals surface area contributed by atoms with Gasteiger partial charge in [0.1, 0.15) is 0 Å². The highest BCUT2D eigenvalue weighted by Gasteiger charge is 2.30. The first-order valence-corrected chi connectivity index (χ1v) is 8.77. The Kier molecular flexibility index (Phi) is 4.71. The maximum Gasteiger partial charge on any atom is 0.0897 e. The van der Waals surface area contributed by atoms with E-state index in [0.717, 1.165) is 6.42 Å². The summed E-state index contributed by atoms with van der Waals surface area (Å²) in [6, 6.07) is 11.6. The molecular weight excluding hydrogens is 276 g/mol. The van der Waals surface area contributed by atoms with E-state index in [1.54, 1.807) is 11.3 Å². The van der Waals surface area contributed by atoms with E-state index in [1.165, 1.54) is 35.5 Å². The Hall–Kier alpha value is -1.19. The highest BCUT2D eigenvalue weighted by atomic mass is 32.1. The van der Waals surface area contributed by atoms with E-state index in [0.29, 0.717) is 17.9 Å². The van der Waals surface area contributed by atoms with Crippen LogP contribution in [0.15, 0.2) is 35.7 Å². The van der Waals surface area contributed by atoms with Crippen molar-refractivity contribution in [3.8, 4) is 0 Å². The van der Waals surface area contributed by atoms with E-state index in [4.69, 9.17) is 0 Å². The first-order valence-electron chi connectivity index (χ1n) is 7.89. The Morgan fingerprint density at radius 1 is 1.24 bits per heavy atom. The Morgan fingerprint density at radius 2 is 2.05 bits per heavy atom. The Labute approximate surface area is 131 Å². The lowest BCUT2D eigenvalue weighted by Crippen LogP contribution is -2.39. The van der Waals surface area contributed by atoms with Crippen LogP contribution in [0.2, 0.25) is 0 Å². The van der Waals surface area contributed by atoms with Crippen LogP contribution in [0.5, 0.6) is 0 Å². The maximum atomic E-state index is 4.66. The van der Waals surface area contributed by atoms with Crippen molar-refractivity contribution in [1.29, 1.82) is 0 Å². The number of aromatic nitrogens is 1. The van der Waals surface area contributed by atoms with Crippen LogP contribution in [-0.2, 0) is 6.42 Å². The molecule has 1 fully saturated rings. The fraction of sp³-hybridized carbons (Fsp3) is 0.500. The van der Waals surface area contributed by atoms with Gasteiger partial charge < -0.3 is 5.32 Å². The van der Waals surface area contributed by atoms with E-state index in [-0.39, 0.29) is 0 Å². The number of aryl methyl sites for hydroxylation is 1. The van der Waals surface area contributed by atoms with Crippen molar-refractivity contribution in [3.05, 3.63) is 52.0 Å². The molecule has 1 aliphatic rings. The average Bonchev–Trinajstić information content (AvgIpc) is 2.93. The van der Waals surface area contributed by atoms with Crippen LogP contribution in [0.3, 0.4) is 0 Å². The van der Waals surface area contributed by atoms with Gasteiger partial charge in [-0.3, -0.25) is 0 Å². The average molecular weight is 300 g/mol. The molecule has 21 heavy (non-hydrogen) atoms. The first kappa shape index (κ1) is 14.7. The first-order chi connectivity index (χ1) is 10.3. The van der Waals surface area contributed by atoms with Crippen molar-refractivity contribution in [2.45, 2.75) is 44.6 Å². The van der Waals surface area contributed by atoms with Gasteiger partial charge in [0.15, 0.2) is 0 Å². The van der Waals surface area contributed by atoms with E-state index >= 15 is 0 Å². The van der Waals surface area contributed by atoms with Crippen LogP contribution in [0.25, 0.3) is 0 Å². The summed E-state index contributed by atoms with van der Waals surface area (Å²) in [5, 5.41) is 6.94. The quantitative estimate of drug-likeness (QED) is 0.917. The zero-order valence-corrected chi connectivity index (χ0v) is 13.7. The van der Waals surface area contributed by atoms with Crippen molar-refractivity contribution in [2.75, 3.05) is 7.05 Å². The van der Waals surface area contributed by atoms with Crippen LogP contribution >= 0.6 is 11.3 Å². The fourth-order valence-corrected chi connectivity index (χ4v) is 4.29. The van der Waals surface area contributed by atoms with Crippen LogP contribution in [0.4, 0.5) is 0 Å². The van der Waals surface area contributed by atoms with E-state index in [9.17, 15) is 0 Å². The van der Waals surface area contributed by atoms with Gasteiger partial charge in [0.2, 0.25) is 0 Å². The lowest BCUT2D eigenvalue weighted by molar-refractivity contribution is 0.247. The van der Waals surface area contributed by atoms with Gasteiger partial charge in [-0.25, -0.2) is 4.98 Å². The molecule has 0 aliphatic heterocycles. The highest BCUT2D eigenvalue weighted by molar-refractivity contribution is 7.09. The minimum atomic E-state index is 0.631. The Morgan fingerprint density at radius 3 is 2.71 bits per heavy atom. The number of rotatable bonds is 4. The predicted molar refractivity (Wildman–Crippen MR) is 89.9 cm³/mol. The molecule has 1 aromatic heterocycles. The molecule has 1 aromatic carbocycles. The third kappa shape index (κ3) is 3.53. The second kappa shape index (κ2) is 6.71. The second-order valence-electron chi connectivity index (χ2n) is 6.14. The predicted octanol–water partition coefficient (Wildman–Crippen LogP) is 4.17. The molecule has 3 unspecified atom stereocenters. The van der Waals surface area contributed by atoms with Gasteiger partial charge in [0.25, 0.3) is 0 Å². The second-order valence-corrected chi connectivity index (χ2v) is 7.20. The number of nitrogens with one attached hydrogen (secondary N) is 1. The van der Waals surface area contributed by atoms with Crippen LogP contribution in [0.1, 0.15) is 41.4 Å². The monoisotopic (exact) mass is 300 g/mol. The van der Waals surface area contributed by atoms with Gasteiger partial charge in [-0.05, 0) is 57.1 Å². The highest BCUT2D eigenvalue weighted by Crippen LogP contribution is 2.37. The summed E-state index contributed by atoms with van der Waals surface area (Å²) in [4.78, 5) is 4.66. The standard InChI is InChI=1S/C18H24N2S/c1-13-20-17(12-21-13)11-16-10-15(8-9-18(16)19-2)14-6-4-3-5-7-14/h3-7,12,15-16,18-19H,8-11H2,1-2H3. The third-order valence-corrected chi connectivity index (χ3v) is 5.58. The van der Waals surface area contributed by atoms with Crippen molar-refractivity contribution < 1.29 is 0 Å². The lowest BCUT2D eigenvalue weighted by atomic mass is 9.73. The Balaban J connectivity index is 1.72. The summed E-state index contributed by atoms with van der Waals surface area (Å²) >= 11 is 1.77. The van der Waals surface area contributed by atoms with Crippen molar-refractivity contribution in [1.82, 2.24) is 10.3 Å². The number of hydrogen-bond acceptors (Lipinski definition) is 3. The molecule has 0 saturated heterocycles. The SMILES string of the molecule is CNC1CCC(c2ccccc2)CC1Cc1csc(C)n1. The van der Waals surface area contributed by atoms with Gasteiger partial charge in [-0.2, -0.15) is 0 Å². The minimum absolute atomic E-state index is 0.631. The summed E-state index contributed by atoms with van der Waals surface area (Å²) in [5.74, 6) is 1.40. The van der Waals surface area contributed by atoms with Crippen LogP contribution < -0.4 is 5.32 Å². The van der Waals surface area contributed by atoms with Crippen molar-refractivity contribution >= 4 is 11.3 Å². The van der Waals surface area contributed by atoms with E-state index < -0.39 is 0 Å². The van der Waals surface area contributed by atoms with Crippen LogP contribution in [-0.4, -0.2) is 18.1 Å².